The van der Waals surface area contributed by atoms with Gasteiger partial charge in [-0.1, -0.05) is 12.1 Å². The lowest BCUT2D eigenvalue weighted by molar-refractivity contribution is -0.137. The summed E-state index contributed by atoms with van der Waals surface area (Å²) in [6.45, 7) is 0.0994. The van der Waals surface area contributed by atoms with Crippen LogP contribution in [0.1, 0.15) is 11.1 Å². The minimum absolute atomic E-state index is 0.0994. The van der Waals surface area contributed by atoms with Gasteiger partial charge in [-0.2, -0.15) is 13.2 Å². The average Bonchev–Trinajstić information content (AvgIpc) is 3.00. The Morgan fingerprint density at radius 2 is 1.88 bits per heavy atom. The van der Waals surface area contributed by atoms with Crippen molar-refractivity contribution in [3.63, 3.8) is 0 Å². The molecular formula is C17H11F3O4. The van der Waals surface area contributed by atoms with Crippen LogP contribution in [0.25, 0.3) is 6.08 Å². The normalized spacial score (nSPS) is 13.3. The van der Waals surface area contributed by atoms with Crippen molar-refractivity contribution in [1.29, 1.82) is 0 Å². The lowest BCUT2D eigenvalue weighted by Gasteiger charge is -2.06. The monoisotopic (exact) mass is 336 g/mol. The van der Waals surface area contributed by atoms with Crippen molar-refractivity contribution in [3.05, 3.63) is 59.7 Å². The van der Waals surface area contributed by atoms with E-state index in [2.05, 4.69) is 0 Å². The molecule has 24 heavy (non-hydrogen) atoms. The lowest BCUT2D eigenvalue weighted by Crippen LogP contribution is -2.05. The molecule has 2 aromatic rings. The molecule has 0 aliphatic carbocycles. The second kappa shape index (κ2) is 6.27. The molecule has 7 heteroatoms. The number of alkyl halides is 3. The molecule has 0 unspecified atom stereocenters. The number of carbonyl (C=O) groups is 1. The SMILES string of the molecule is O=C(C=Cc1cccc(C(F)(F)F)c1)Oc1ccc2c(c1)OCO2. The summed E-state index contributed by atoms with van der Waals surface area (Å²) in [5, 5.41) is 0. The smallest absolute Gasteiger partial charge is 0.416 e. The molecule has 3 rings (SSSR count). The first-order valence-electron chi connectivity index (χ1n) is 6.89. The average molecular weight is 336 g/mol. The summed E-state index contributed by atoms with van der Waals surface area (Å²) in [7, 11) is 0. The van der Waals surface area contributed by atoms with Crippen LogP contribution in [0.5, 0.6) is 17.2 Å². The molecular weight excluding hydrogens is 325 g/mol. The molecule has 1 aliphatic rings. The first kappa shape index (κ1) is 15.9. The summed E-state index contributed by atoms with van der Waals surface area (Å²) < 4.78 is 53.2. The Morgan fingerprint density at radius 1 is 1.08 bits per heavy atom. The number of rotatable bonds is 3. The second-order valence-corrected chi connectivity index (χ2v) is 4.89. The fourth-order valence-corrected chi connectivity index (χ4v) is 2.07. The Bertz CT molecular complexity index is 797. The summed E-state index contributed by atoms with van der Waals surface area (Å²) in [5.41, 5.74) is -0.541. The van der Waals surface area contributed by atoms with Crippen LogP contribution in [0.3, 0.4) is 0 Å². The number of ether oxygens (including phenoxy) is 3. The molecule has 2 aromatic carbocycles. The molecule has 0 aromatic heterocycles. The molecule has 0 radical (unpaired) electrons. The third-order valence-electron chi connectivity index (χ3n) is 3.19. The Labute approximate surface area is 135 Å². The highest BCUT2D eigenvalue weighted by molar-refractivity contribution is 5.88. The highest BCUT2D eigenvalue weighted by atomic mass is 19.4. The Balaban J connectivity index is 1.67. The van der Waals surface area contributed by atoms with Gasteiger partial charge in [0, 0.05) is 12.1 Å². The van der Waals surface area contributed by atoms with Gasteiger partial charge in [-0.25, -0.2) is 4.79 Å². The molecule has 124 valence electrons. The van der Waals surface area contributed by atoms with Crippen molar-refractivity contribution < 1.29 is 32.2 Å². The zero-order valence-electron chi connectivity index (χ0n) is 12.2. The quantitative estimate of drug-likeness (QED) is 0.482. The molecule has 0 saturated heterocycles. The van der Waals surface area contributed by atoms with E-state index in [-0.39, 0.29) is 18.1 Å². The summed E-state index contributed by atoms with van der Waals surface area (Å²) in [6.07, 6.45) is -2.12. The van der Waals surface area contributed by atoms with Gasteiger partial charge in [-0.05, 0) is 35.9 Å². The van der Waals surface area contributed by atoms with E-state index in [9.17, 15) is 18.0 Å². The minimum atomic E-state index is -4.43. The molecule has 0 atom stereocenters. The molecule has 4 nitrogen and oxygen atoms in total. The van der Waals surface area contributed by atoms with Gasteiger partial charge >= 0.3 is 12.1 Å². The van der Waals surface area contributed by atoms with Gasteiger partial charge < -0.3 is 14.2 Å². The van der Waals surface area contributed by atoms with E-state index < -0.39 is 17.7 Å². The van der Waals surface area contributed by atoms with Crippen molar-refractivity contribution >= 4 is 12.0 Å². The number of carbonyl (C=O) groups excluding carboxylic acids is 1. The van der Waals surface area contributed by atoms with Crippen LogP contribution in [0.2, 0.25) is 0 Å². The zero-order chi connectivity index (χ0) is 17.2. The Morgan fingerprint density at radius 3 is 2.67 bits per heavy atom. The van der Waals surface area contributed by atoms with Gasteiger partial charge in [0.05, 0.1) is 5.56 Å². The number of benzene rings is 2. The number of esters is 1. The third-order valence-corrected chi connectivity index (χ3v) is 3.19. The van der Waals surface area contributed by atoms with E-state index in [1.165, 1.54) is 30.3 Å². The van der Waals surface area contributed by atoms with E-state index in [4.69, 9.17) is 14.2 Å². The molecule has 0 spiro atoms. The van der Waals surface area contributed by atoms with Gasteiger partial charge in [0.25, 0.3) is 0 Å². The van der Waals surface area contributed by atoms with Crippen molar-refractivity contribution in [3.8, 4) is 17.2 Å². The maximum Gasteiger partial charge on any atom is 0.416 e. The van der Waals surface area contributed by atoms with E-state index in [1.54, 1.807) is 6.07 Å². The maximum absolute atomic E-state index is 12.6. The van der Waals surface area contributed by atoms with E-state index >= 15 is 0 Å². The van der Waals surface area contributed by atoms with Crippen LogP contribution in [0.15, 0.2) is 48.5 Å². The molecule has 0 amide bonds. The molecule has 0 bridgehead atoms. The standard InChI is InChI=1S/C17H11F3O4/c18-17(19,20)12-3-1-2-11(8-12)4-7-16(21)24-13-5-6-14-15(9-13)23-10-22-14/h1-9H,10H2. The number of hydrogen-bond donors (Lipinski definition) is 0. The Hall–Kier alpha value is -2.96. The second-order valence-electron chi connectivity index (χ2n) is 4.89. The van der Waals surface area contributed by atoms with E-state index in [0.717, 1.165) is 18.2 Å². The van der Waals surface area contributed by atoms with E-state index in [0.29, 0.717) is 11.5 Å². The van der Waals surface area contributed by atoms with Gasteiger partial charge in [0.15, 0.2) is 11.5 Å². The van der Waals surface area contributed by atoms with Crippen molar-refractivity contribution in [2.24, 2.45) is 0 Å². The first-order valence-corrected chi connectivity index (χ1v) is 6.89. The maximum atomic E-state index is 12.6. The minimum Gasteiger partial charge on any atom is -0.454 e. The van der Waals surface area contributed by atoms with Gasteiger partial charge in [-0.3, -0.25) is 0 Å². The molecule has 1 heterocycles. The molecule has 0 saturated carbocycles. The lowest BCUT2D eigenvalue weighted by atomic mass is 10.1. The topological polar surface area (TPSA) is 44.8 Å². The molecule has 0 fully saturated rings. The third kappa shape index (κ3) is 3.68. The summed E-state index contributed by atoms with van der Waals surface area (Å²) in [4.78, 5) is 11.8. The van der Waals surface area contributed by atoms with Crippen LogP contribution in [0.4, 0.5) is 13.2 Å². The van der Waals surface area contributed by atoms with Crippen LogP contribution in [-0.4, -0.2) is 12.8 Å². The molecule has 1 aliphatic heterocycles. The van der Waals surface area contributed by atoms with Gasteiger partial charge in [0.2, 0.25) is 6.79 Å². The summed E-state index contributed by atoms with van der Waals surface area (Å²) in [6, 6.07) is 9.27. The highest BCUT2D eigenvalue weighted by Crippen LogP contribution is 2.35. The predicted molar refractivity (Wildman–Crippen MR) is 78.7 cm³/mol. The molecule has 0 N–H and O–H groups in total. The largest absolute Gasteiger partial charge is 0.454 e. The van der Waals surface area contributed by atoms with Gasteiger partial charge in [-0.15, -0.1) is 0 Å². The van der Waals surface area contributed by atoms with Crippen molar-refractivity contribution in [2.45, 2.75) is 6.18 Å². The fraction of sp³-hybridized carbons (Fsp3) is 0.118. The summed E-state index contributed by atoms with van der Waals surface area (Å²) >= 11 is 0. The van der Waals surface area contributed by atoms with Crippen molar-refractivity contribution in [1.82, 2.24) is 0 Å². The van der Waals surface area contributed by atoms with Crippen LogP contribution in [0, 0.1) is 0 Å². The number of hydrogen-bond acceptors (Lipinski definition) is 4. The van der Waals surface area contributed by atoms with Crippen LogP contribution < -0.4 is 14.2 Å². The van der Waals surface area contributed by atoms with Crippen molar-refractivity contribution in [2.75, 3.05) is 6.79 Å². The zero-order valence-corrected chi connectivity index (χ0v) is 12.2. The van der Waals surface area contributed by atoms with Gasteiger partial charge in [0.1, 0.15) is 5.75 Å². The van der Waals surface area contributed by atoms with Crippen LogP contribution in [-0.2, 0) is 11.0 Å². The predicted octanol–water partition coefficient (Wildman–Crippen LogP) is 4.05. The number of fused-ring (bicyclic) bond motifs is 1. The van der Waals surface area contributed by atoms with E-state index in [1.807, 2.05) is 0 Å². The van der Waals surface area contributed by atoms with Crippen LogP contribution >= 0.6 is 0 Å². The number of halogens is 3. The summed E-state index contributed by atoms with van der Waals surface area (Å²) in [5.74, 6) is 0.542. The highest BCUT2D eigenvalue weighted by Gasteiger charge is 2.30. The Kier molecular flexibility index (Phi) is 4.16. The first-order chi connectivity index (χ1) is 11.4. The fourth-order valence-electron chi connectivity index (χ4n) is 2.07.